The van der Waals surface area contributed by atoms with E-state index in [1.165, 1.54) is 20.1 Å². The molecule has 2 atom stereocenters. The van der Waals surface area contributed by atoms with Gasteiger partial charge in [0.2, 0.25) is 11.8 Å². The van der Waals surface area contributed by atoms with Crippen molar-refractivity contribution in [1.29, 1.82) is 0 Å². The zero-order valence-electron chi connectivity index (χ0n) is 14.4. The molecule has 1 aromatic rings. The number of amides is 2. The third-order valence-electron chi connectivity index (χ3n) is 4.14. The minimum atomic E-state index is -0.972. The summed E-state index contributed by atoms with van der Waals surface area (Å²) in [6.45, 7) is 1.28. The highest BCUT2D eigenvalue weighted by molar-refractivity contribution is 5.90. The molecule has 1 saturated carbocycles. The highest BCUT2D eigenvalue weighted by atomic mass is 19.1. The summed E-state index contributed by atoms with van der Waals surface area (Å²) in [4.78, 5) is 35.9. The fourth-order valence-electron chi connectivity index (χ4n) is 2.65. The lowest BCUT2D eigenvalue weighted by atomic mass is 10.0. The van der Waals surface area contributed by atoms with E-state index in [0.717, 1.165) is 12.8 Å². The van der Waals surface area contributed by atoms with Gasteiger partial charge in [0.15, 0.2) is 0 Å². The molecule has 0 spiro atoms. The third kappa shape index (κ3) is 5.85. The molecule has 0 radical (unpaired) electrons. The Labute approximate surface area is 146 Å². The highest BCUT2D eigenvalue weighted by Gasteiger charge is 2.33. The number of hydrogen-bond donors (Lipinski definition) is 2. The molecule has 0 saturated heterocycles. The summed E-state index contributed by atoms with van der Waals surface area (Å²) in [5, 5.41) is 5.15. The van der Waals surface area contributed by atoms with Crippen LogP contribution in [0.5, 0.6) is 0 Å². The molecule has 1 fully saturated rings. The van der Waals surface area contributed by atoms with E-state index in [2.05, 4.69) is 10.6 Å². The maximum atomic E-state index is 13.9. The van der Waals surface area contributed by atoms with Crippen LogP contribution in [0.4, 0.5) is 4.39 Å². The fourth-order valence-corrected chi connectivity index (χ4v) is 2.65. The van der Waals surface area contributed by atoms with E-state index >= 15 is 0 Å². The number of rotatable bonds is 8. The summed E-state index contributed by atoms with van der Waals surface area (Å²) >= 11 is 0. The van der Waals surface area contributed by atoms with Gasteiger partial charge in [0.25, 0.3) is 0 Å². The SMILES string of the molecule is COC(=O)[C@H](CC1CC1)NC(=O)[C@@H](Cc1ccccc1F)NC(C)=O. The van der Waals surface area contributed by atoms with Crippen molar-refractivity contribution in [3.8, 4) is 0 Å². The monoisotopic (exact) mass is 350 g/mol. The first-order valence-electron chi connectivity index (χ1n) is 8.29. The second-order valence-corrected chi connectivity index (χ2v) is 6.31. The quantitative estimate of drug-likeness (QED) is 0.693. The summed E-state index contributed by atoms with van der Waals surface area (Å²) in [5.41, 5.74) is 0.313. The van der Waals surface area contributed by atoms with Crippen molar-refractivity contribution in [3.05, 3.63) is 35.6 Å². The van der Waals surface area contributed by atoms with Gasteiger partial charge in [-0.1, -0.05) is 31.0 Å². The van der Waals surface area contributed by atoms with Crippen molar-refractivity contribution in [3.63, 3.8) is 0 Å². The molecule has 1 aromatic carbocycles. The van der Waals surface area contributed by atoms with E-state index in [-0.39, 0.29) is 6.42 Å². The van der Waals surface area contributed by atoms with Crippen LogP contribution in [0.2, 0.25) is 0 Å². The van der Waals surface area contributed by atoms with Crippen LogP contribution >= 0.6 is 0 Å². The van der Waals surface area contributed by atoms with Gasteiger partial charge in [-0.2, -0.15) is 0 Å². The van der Waals surface area contributed by atoms with Gasteiger partial charge in [-0.25, -0.2) is 9.18 Å². The summed E-state index contributed by atoms with van der Waals surface area (Å²) in [5.74, 6) is -1.51. The van der Waals surface area contributed by atoms with Crippen molar-refractivity contribution in [1.82, 2.24) is 10.6 Å². The van der Waals surface area contributed by atoms with Crippen LogP contribution in [0.15, 0.2) is 24.3 Å². The van der Waals surface area contributed by atoms with Crippen molar-refractivity contribution in [2.45, 2.75) is 44.7 Å². The Morgan fingerprint density at radius 3 is 2.44 bits per heavy atom. The average Bonchev–Trinajstić information content (AvgIpc) is 3.38. The minimum Gasteiger partial charge on any atom is -0.467 e. The number of nitrogens with one attached hydrogen (secondary N) is 2. The van der Waals surface area contributed by atoms with Gasteiger partial charge in [0.05, 0.1) is 7.11 Å². The molecular weight excluding hydrogens is 327 g/mol. The Morgan fingerprint density at radius 2 is 1.88 bits per heavy atom. The van der Waals surface area contributed by atoms with Crippen molar-refractivity contribution < 1.29 is 23.5 Å². The molecule has 136 valence electrons. The van der Waals surface area contributed by atoms with Gasteiger partial charge >= 0.3 is 5.97 Å². The van der Waals surface area contributed by atoms with Gasteiger partial charge < -0.3 is 15.4 Å². The predicted octanol–water partition coefficient (Wildman–Crippen LogP) is 1.33. The Balaban J connectivity index is 2.09. The largest absolute Gasteiger partial charge is 0.467 e. The number of benzene rings is 1. The zero-order valence-corrected chi connectivity index (χ0v) is 14.4. The van der Waals surface area contributed by atoms with Gasteiger partial charge in [-0.05, 0) is 24.0 Å². The lowest BCUT2D eigenvalue weighted by molar-refractivity contribution is -0.145. The number of esters is 1. The number of carbonyl (C=O) groups excluding carboxylic acids is 3. The van der Waals surface area contributed by atoms with Crippen LogP contribution in [0, 0.1) is 11.7 Å². The number of ether oxygens (including phenoxy) is 1. The molecule has 2 amide bonds. The first-order valence-corrected chi connectivity index (χ1v) is 8.29. The molecule has 2 rings (SSSR count). The van der Waals surface area contributed by atoms with E-state index in [1.807, 2.05) is 0 Å². The molecule has 0 unspecified atom stereocenters. The van der Waals surface area contributed by atoms with Crippen LogP contribution in [-0.4, -0.2) is 37.0 Å². The first kappa shape index (κ1) is 18.9. The standard InChI is InChI=1S/C18H23FN2O4/c1-11(22)20-15(10-13-5-3-4-6-14(13)19)17(23)21-16(18(24)25-2)9-12-7-8-12/h3-6,12,15-16H,7-10H2,1-2H3,(H,20,22)(H,21,23)/t15-,16+/m1/s1. The van der Waals surface area contributed by atoms with Crippen molar-refractivity contribution in [2.24, 2.45) is 5.92 Å². The lowest BCUT2D eigenvalue weighted by Crippen LogP contribution is -2.52. The number of hydrogen-bond acceptors (Lipinski definition) is 4. The average molecular weight is 350 g/mol. The molecule has 0 aromatic heterocycles. The van der Waals surface area contributed by atoms with E-state index in [9.17, 15) is 18.8 Å². The van der Waals surface area contributed by atoms with Crippen LogP contribution in [0.25, 0.3) is 0 Å². The van der Waals surface area contributed by atoms with Gasteiger partial charge in [0, 0.05) is 13.3 Å². The van der Waals surface area contributed by atoms with Crippen LogP contribution in [0.3, 0.4) is 0 Å². The second-order valence-electron chi connectivity index (χ2n) is 6.31. The summed E-state index contributed by atoms with van der Waals surface area (Å²) in [6.07, 6.45) is 2.54. The molecule has 6 nitrogen and oxygen atoms in total. The molecule has 7 heteroatoms. The topological polar surface area (TPSA) is 84.5 Å². The molecule has 0 aliphatic heterocycles. The molecule has 0 heterocycles. The number of methoxy groups -OCH3 is 1. The summed E-state index contributed by atoms with van der Waals surface area (Å²) in [6, 6.07) is 4.32. The minimum absolute atomic E-state index is 0.00456. The van der Waals surface area contributed by atoms with Crippen LogP contribution < -0.4 is 10.6 Å². The zero-order chi connectivity index (χ0) is 18.4. The number of carbonyl (C=O) groups is 3. The summed E-state index contributed by atoms with van der Waals surface area (Å²) in [7, 11) is 1.26. The van der Waals surface area contributed by atoms with Crippen LogP contribution in [0.1, 0.15) is 31.7 Å². The van der Waals surface area contributed by atoms with E-state index in [4.69, 9.17) is 4.74 Å². The van der Waals surface area contributed by atoms with Gasteiger partial charge in [-0.3, -0.25) is 9.59 Å². The maximum Gasteiger partial charge on any atom is 0.328 e. The lowest BCUT2D eigenvalue weighted by Gasteiger charge is -2.22. The van der Waals surface area contributed by atoms with Crippen molar-refractivity contribution in [2.75, 3.05) is 7.11 Å². The highest BCUT2D eigenvalue weighted by Crippen LogP contribution is 2.33. The molecule has 25 heavy (non-hydrogen) atoms. The smallest absolute Gasteiger partial charge is 0.328 e. The molecule has 1 aliphatic rings. The first-order chi connectivity index (χ1) is 11.9. The van der Waals surface area contributed by atoms with Crippen molar-refractivity contribution >= 4 is 17.8 Å². The number of halogens is 1. The van der Waals surface area contributed by atoms with Gasteiger partial charge in [-0.15, -0.1) is 0 Å². The molecule has 0 bridgehead atoms. The fraction of sp³-hybridized carbons (Fsp3) is 0.500. The van der Waals surface area contributed by atoms with E-state index in [1.54, 1.807) is 18.2 Å². The third-order valence-corrected chi connectivity index (χ3v) is 4.14. The summed E-state index contributed by atoms with van der Waals surface area (Å²) < 4.78 is 18.6. The maximum absolute atomic E-state index is 13.9. The Bertz CT molecular complexity index is 646. The normalized spacial score (nSPS) is 15.8. The Kier molecular flexibility index (Phi) is 6.50. The van der Waals surface area contributed by atoms with Gasteiger partial charge in [0.1, 0.15) is 17.9 Å². The molecule has 2 N–H and O–H groups in total. The second kappa shape index (κ2) is 8.60. The van der Waals surface area contributed by atoms with E-state index in [0.29, 0.717) is 17.9 Å². The van der Waals surface area contributed by atoms with Crippen LogP contribution in [-0.2, 0) is 25.5 Å². The van der Waals surface area contributed by atoms with E-state index < -0.39 is 35.7 Å². The Hall–Kier alpha value is -2.44. The predicted molar refractivity (Wildman–Crippen MR) is 89.0 cm³/mol. The Morgan fingerprint density at radius 1 is 1.20 bits per heavy atom. The molecule has 1 aliphatic carbocycles. The molecular formula is C18H23FN2O4.